The summed E-state index contributed by atoms with van der Waals surface area (Å²) in [5.74, 6) is -0.488. The van der Waals surface area contributed by atoms with E-state index in [1.54, 1.807) is 0 Å². The second kappa shape index (κ2) is 7.84. The Hall–Kier alpha value is -2.02. The van der Waals surface area contributed by atoms with Crippen LogP contribution in [0.2, 0.25) is 0 Å². The van der Waals surface area contributed by atoms with E-state index in [0.717, 1.165) is 6.42 Å². The molecule has 1 atom stereocenters. The lowest BCUT2D eigenvalue weighted by molar-refractivity contribution is 0.0502. The molecule has 0 saturated carbocycles. The number of carboxylic acids is 1. The van der Waals surface area contributed by atoms with Crippen LogP contribution in [0.5, 0.6) is 0 Å². The van der Waals surface area contributed by atoms with E-state index < -0.39 is 17.7 Å². The molecule has 3 N–H and O–H groups in total. The lowest BCUT2D eigenvalue weighted by Gasteiger charge is -2.23. The molecule has 0 spiro atoms. The number of carbonyl (C=O) groups excluding carboxylic acids is 1. The van der Waals surface area contributed by atoms with E-state index in [-0.39, 0.29) is 11.6 Å². The summed E-state index contributed by atoms with van der Waals surface area (Å²) in [5.41, 5.74) is -0.410. The molecular weight excluding hydrogens is 288 g/mol. The molecule has 0 aromatic carbocycles. The van der Waals surface area contributed by atoms with E-state index >= 15 is 0 Å². The molecule has 0 aliphatic carbocycles. The van der Waals surface area contributed by atoms with Gasteiger partial charge in [-0.15, -0.1) is 0 Å². The van der Waals surface area contributed by atoms with Crippen molar-refractivity contribution in [2.24, 2.45) is 0 Å². The number of carbonyl (C=O) groups is 2. The van der Waals surface area contributed by atoms with Gasteiger partial charge in [0, 0.05) is 12.6 Å². The fraction of sp³-hybridized carbons (Fsp3) is 0.600. The molecule has 1 heterocycles. The highest BCUT2D eigenvalue weighted by molar-refractivity contribution is 5.87. The second-order valence-corrected chi connectivity index (χ2v) is 5.99. The van der Waals surface area contributed by atoms with Gasteiger partial charge < -0.3 is 24.9 Å². The zero-order chi connectivity index (χ0) is 16.8. The van der Waals surface area contributed by atoms with Gasteiger partial charge in [0.15, 0.2) is 0 Å². The van der Waals surface area contributed by atoms with Gasteiger partial charge in [-0.2, -0.15) is 0 Å². The Morgan fingerprint density at radius 2 is 2.09 bits per heavy atom. The van der Waals surface area contributed by atoms with Crippen molar-refractivity contribution in [2.45, 2.75) is 52.3 Å². The summed E-state index contributed by atoms with van der Waals surface area (Å²) in [6, 6.07) is 1.39. The molecule has 0 aliphatic rings. The van der Waals surface area contributed by atoms with Gasteiger partial charge in [0.05, 0.1) is 12.1 Å². The molecule has 0 saturated heterocycles. The summed E-state index contributed by atoms with van der Waals surface area (Å²) in [6.45, 7) is 8.30. The van der Waals surface area contributed by atoms with E-state index in [1.165, 1.54) is 12.3 Å². The van der Waals surface area contributed by atoms with Crippen molar-refractivity contribution in [3.63, 3.8) is 0 Å². The molecule has 1 aromatic heterocycles. The predicted molar refractivity (Wildman–Crippen MR) is 80.8 cm³/mol. The lowest BCUT2D eigenvalue weighted by atomic mass is 10.2. The molecule has 1 amide bonds. The summed E-state index contributed by atoms with van der Waals surface area (Å²) < 4.78 is 10.3. The third-order valence-electron chi connectivity index (χ3n) is 2.80. The SMILES string of the molecule is CCC(CNCc1cc(C(=O)O)co1)NC(=O)OC(C)(C)C. The first-order chi connectivity index (χ1) is 10.2. The van der Waals surface area contributed by atoms with Crippen LogP contribution in [0.1, 0.15) is 50.2 Å². The number of amides is 1. The number of aromatic carboxylic acids is 1. The highest BCUT2D eigenvalue weighted by Gasteiger charge is 2.18. The number of alkyl carbamates (subject to hydrolysis) is 1. The minimum Gasteiger partial charge on any atom is -0.478 e. The van der Waals surface area contributed by atoms with Crippen molar-refractivity contribution in [3.05, 3.63) is 23.7 Å². The normalized spacial score (nSPS) is 12.7. The number of nitrogens with one attached hydrogen (secondary N) is 2. The fourth-order valence-electron chi connectivity index (χ4n) is 1.73. The molecule has 1 rings (SSSR count). The molecule has 7 nitrogen and oxygen atoms in total. The predicted octanol–water partition coefficient (Wildman–Crippen LogP) is 2.37. The van der Waals surface area contributed by atoms with Gasteiger partial charge in [-0.1, -0.05) is 6.92 Å². The monoisotopic (exact) mass is 312 g/mol. The summed E-state index contributed by atoms with van der Waals surface area (Å²) >= 11 is 0. The van der Waals surface area contributed by atoms with E-state index in [1.807, 2.05) is 27.7 Å². The van der Waals surface area contributed by atoms with Gasteiger partial charge in [-0.25, -0.2) is 9.59 Å². The molecule has 7 heteroatoms. The molecule has 1 unspecified atom stereocenters. The molecule has 1 aromatic rings. The zero-order valence-electron chi connectivity index (χ0n) is 13.4. The fourth-order valence-corrected chi connectivity index (χ4v) is 1.73. The van der Waals surface area contributed by atoms with Crippen molar-refractivity contribution in [3.8, 4) is 0 Å². The molecule has 0 aliphatic heterocycles. The second-order valence-electron chi connectivity index (χ2n) is 5.99. The maximum atomic E-state index is 11.7. The number of ether oxygens (including phenoxy) is 1. The maximum absolute atomic E-state index is 11.7. The molecule has 22 heavy (non-hydrogen) atoms. The van der Waals surface area contributed by atoms with Gasteiger partial charge in [0.2, 0.25) is 0 Å². The van der Waals surface area contributed by atoms with Crippen LogP contribution >= 0.6 is 0 Å². The van der Waals surface area contributed by atoms with Gasteiger partial charge in [0.25, 0.3) is 0 Å². The molecule has 124 valence electrons. The lowest BCUT2D eigenvalue weighted by Crippen LogP contribution is -2.43. The topological polar surface area (TPSA) is 101 Å². The highest BCUT2D eigenvalue weighted by Crippen LogP contribution is 2.08. The molecular formula is C15H24N2O5. The minimum absolute atomic E-state index is 0.0799. The van der Waals surface area contributed by atoms with Crippen LogP contribution in [-0.2, 0) is 11.3 Å². The minimum atomic E-state index is -1.02. The standard InChI is InChI=1S/C15H24N2O5/c1-5-11(17-14(20)22-15(2,3)4)7-16-8-12-6-10(9-21-12)13(18)19/h6,9,11,16H,5,7-8H2,1-4H3,(H,17,20)(H,18,19). The van der Waals surface area contributed by atoms with Crippen molar-refractivity contribution in [1.82, 2.24) is 10.6 Å². The highest BCUT2D eigenvalue weighted by atomic mass is 16.6. The third kappa shape index (κ3) is 6.62. The van der Waals surface area contributed by atoms with Crippen LogP contribution in [0.15, 0.2) is 16.7 Å². The number of rotatable bonds is 7. The molecule has 0 bridgehead atoms. The largest absolute Gasteiger partial charge is 0.478 e. The Balaban J connectivity index is 2.37. The summed E-state index contributed by atoms with van der Waals surface area (Å²) in [5, 5.41) is 14.7. The van der Waals surface area contributed by atoms with Gasteiger partial charge in [-0.05, 0) is 33.3 Å². The Labute approximate surface area is 130 Å². The Morgan fingerprint density at radius 3 is 2.59 bits per heavy atom. The van der Waals surface area contributed by atoms with Crippen molar-refractivity contribution in [2.75, 3.05) is 6.54 Å². The van der Waals surface area contributed by atoms with E-state index in [0.29, 0.717) is 18.8 Å². The smallest absolute Gasteiger partial charge is 0.407 e. The Bertz CT molecular complexity index is 504. The van der Waals surface area contributed by atoms with Crippen LogP contribution in [0.25, 0.3) is 0 Å². The quantitative estimate of drug-likeness (QED) is 0.714. The zero-order valence-corrected chi connectivity index (χ0v) is 13.4. The van der Waals surface area contributed by atoms with Crippen LogP contribution in [-0.4, -0.2) is 35.4 Å². The third-order valence-corrected chi connectivity index (χ3v) is 2.80. The Kier molecular flexibility index (Phi) is 6.42. The van der Waals surface area contributed by atoms with E-state index in [2.05, 4.69) is 10.6 Å². The first-order valence-corrected chi connectivity index (χ1v) is 7.22. The average Bonchev–Trinajstić information content (AvgIpc) is 2.84. The summed E-state index contributed by atoms with van der Waals surface area (Å²) in [4.78, 5) is 22.4. The van der Waals surface area contributed by atoms with Crippen LogP contribution < -0.4 is 10.6 Å². The summed E-state index contributed by atoms with van der Waals surface area (Å²) in [6.07, 6.45) is 1.49. The van der Waals surface area contributed by atoms with Crippen LogP contribution in [0.4, 0.5) is 4.79 Å². The van der Waals surface area contributed by atoms with Gasteiger partial charge in [0.1, 0.15) is 17.6 Å². The number of furan rings is 1. The van der Waals surface area contributed by atoms with Crippen LogP contribution in [0.3, 0.4) is 0 Å². The van der Waals surface area contributed by atoms with E-state index in [9.17, 15) is 9.59 Å². The van der Waals surface area contributed by atoms with Gasteiger partial charge >= 0.3 is 12.1 Å². The van der Waals surface area contributed by atoms with Crippen molar-refractivity contribution >= 4 is 12.1 Å². The average molecular weight is 312 g/mol. The number of hydrogen-bond donors (Lipinski definition) is 3. The van der Waals surface area contributed by atoms with Crippen molar-refractivity contribution in [1.29, 1.82) is 0 Å². The van der Waals surface area contributed by atoms with Crippen LogP contribution in [0, 0.1) is 0 Å². The first kappa shape index (κ1) is 18.0. The number of carboxylic acid groups (broad SMARTS) is 1. The summed E-state index contributed by atoms with van der Waals surface area (Å²) in [7, 11) is 0. The maximum Gasteiger partial charge on any atom is 0.407 e. The van der Waals surface area contributed by atoms with Crippen molar-refractivity contribution < 1.29 is 23.8 Å². The van der Waals surface area contributed by atoms with E-state index in [4.69, 9.17) is 14.3 Å². The number of hydrogen-bond acceptors (Lipinski definition) is 5. The Morgan fingerprint density at radius 1 is 1.41 bits per heavy atom. The first-order valence-electron chi connectivity index (χ1n) is 7.22. The molecule has 0 fully saturated rings. The van der Waals surface area contributed by atoms with Gasteiger partial charge in [-0.3, -0.25) is 0 Å². The molecule has 0 radical (unpaired) electrons.